The van der Waals surface area contributed by atoms with Crippen LogP contribution in [-0.2, 0) is 9.31 Å². The summed E-state index contributed by atoms with van der Waals surface area (Å²) >= 11 is 0. The molecular weight excluding hydrogens is 234 g/mol. The van der Waals surface area contributed by atoms with Gasteiger partial charge in [0, 0.05) is 0 Å². The van der Waals surface area contributed by atoms with Crippen LogP contribution in [0.5, 0.6) is 0 Å². The van der Waals surface area contributed by atoms with Crippen LogP contribution in [0.3, 0.4) is 0 Å². The predicted octanol–water partition coefficient (Wildman–Crippen LogP) is 2.45. The summed E-state index contributed by atoms with van der Waals surface area (Å²) in [4.78, 5) is 0. The second-order valence-electron chi connectivity index (χ2n) is 5.51. The topological polar surface area (TPSA) is 66.2 Å². The molecule has 0 bridgehead atoms. The molecule has 0 atom stereocenters. The van der Waals surface area contributed by atoms with Crippen LogP contribution in [0.25, 0.3) is 0 Å². The highest BCUT2D eigenvalue weighted by atomic mass is 19.1. The standard InChI is InChI=1S/C12H16BFN2O2/c1-11(2)12(3,4)18-13(17-11)7-5-8(14)10(16)9(15)6-7/h5-6,15-16H,1-4H3. The van der Waals surface area contributed by atoms with Gasteiger partial charge >= 0.3 is 7.12 Å². The van der Waals surface area contributed by atoms with Crippen LogP contribution in [0.15, 0.2) is 23.5 Å². The predicted molar refractivity (Wildman–Crippen MR) is 68.8 cm³/mol. The molecule has 6 heteroatoms. The van der Waals surface area contributed by atoms with E-state index in [1.807, 2.05) is 27.7 Å². The van der Waals surface area contributed by atoms with E-state index in [1.54, 1.807) is 0 Å². The first-order valence-electron chi connectivity index (χ1n) is 5.76. The first-order chi connectivity index (χ1) is 8.14. The minimum absolute atomic E-state index is 0.167. The maximum absolute atomic E-state index is 13.5. The van der Waals surface area contributed by atoms with E-state index in [0.717, 1.165) is 0 Å². The molecule has 2 aliphatic rings. The van der Waals surface area contributed by atoms with Crippen LogP contribution in [0.2, 0.25) is 0 Å². The van der Waals surface area contributed by atoms with Crippen molar-refractivity contribution in [2.75, 3.05) is 0 Å². The fraction of sp³-hybridized carbons (Fsp3) is 0.500. The SMILES string of the molecule is CC1(C)OB(C2=CC(=N)C(=N)C(F)=C2)OC1(C)C. The largest absolute Gasteiger partial charge is 0.495 e. The minimum Gasteiger partial charge on any atom is -0.399 e. The molecule has 1 heterocycles. The van der Waals surface area contributed by atoms with Gasteiger partial charge in [-0.3, -0.25) is 10.8 Å². The van der Waals surface area contributed by atoms with Crippen molar-refractivity contribution in [1.82, 2.24) is 0 Å². The van der Waals surface area contributed by atoms with Crippen molar-refractivity contribution < 1.29 is 13.7 Å². The summed E-state index contributed by atoms with van der Waals surface area (Å²) in [7, 11) is -0.700. The van der Waals surface area contributed by atoms with Crippen LogP contribution < -0.4 is 0 Å². The molecule has 1 aliphatic heterocycles. The number of allylic oxidation sites excluding steroid dienone is 4. The van der Waals surface area contributed by atoms with Gasteiger partial charge in [-0.2, -0.15) is 0 Å². The van der Waals surface area contributed by atoms with E-state index in [9.17, 15) is 4.39 Å². The summed E-state index contributed by atoms with van der Waals surface area (Å²) in [6, 6.07) is 0. The van der Waals surface area contributed by atoms with Gasteiger partial charge in [0.15, 0.2) is 0 Å². The molecule has 0 unspecified atom stereocenters. The highest BCUT2D eigenvalue weighted by Gasteiger charge is 2.52. The normalized spacial score (nSPS) is 26.2. The van der Waals surface area contributed by atoms with E-state index in [2.05, 4.69) is 0 Å². The van der Waals surface area contributed by atoms with Crippen molar-refractivity contribution >= 4 is 18.5 Å². The zero-order valence-electron chi connectivity index (χ0n) is 10.9. The highest BCUT2D eigenvalue weighted by Crippen LogP contribution is 2.39. The quantitative estimate of drug-likeness (QED) is 0.554. The Bertz CT molecular complexity index is 478. The second-order valence-corrected chi connectivity index (χ2v) is 5.51. The third kappa shape index (κ3) is 1.95. The lowest BCUT2D eigenvalue weighted by atomic mass is 9.75. The maximum atomic E-state index is 13.5. The van der Waals surface area contributed by atoms with Gasteiger partial charge in [0.05, 0.1) is 16.9 Å². The number of hydrogen-bond acceptors (Lipinski definition) is 4. The molecule has 0 aromatic rings. The Kier molecular flexibility index (Phi) is 2.83. The fourth-order valence-corrected chi connectivity index (χ4v) is 1.74. The molecule has 1 saturated heterocycles. The zero-order chi connectivity index (χ0) is 13.7. The summed E-state index contributed by atoms with van der Waals surface area (Å²) in [6.45, 7) is 7.63. The van der Waals surface area contributed by atoms with Gasteiger partial charge in [-0.1, -0.05) is 0 Å². The molecule has 0 amide bonds. The Morgan fingerprint density at radius 1 is 1.06 bits per heavy atom. The molecule has 1 aliphatic carbocycles. The van der Waals surface area contributed by atoms with Crippen molar-refractivity contribution in [3.8, 4) is 0 Å². The molecule has 2 N–H and O–H groups in total. The molecule has 2 rings (SSSR count). The first-order valence-corrected chi connectivity index (χ1v) is 5.76. The van der Waals surface area contributed by atoms with Gasteiger partial charge < -0.3 is 9.31 Å². The van der Waals surface area contributed by atoms with Crippen LogP contribution in [-0.4, -0.2) is 29.7 Å². The molecule has 4 nitrogen and oxygen atoms in total. The summed E-state index contributed by atoms with van der Waals surface area (Å²) in [5.41, 5.74) is -1.14. The molecule has 0 aromatic carbocycles. The average Bonchev–Trinajstić information content (AvgIpc) is 2.44. The summed E-state index contributed by atoms with van der Waals surface area (Å²) in [5.74, 6) is -0.729. The van der Waals surface area contributed by atoms with Gasteiger partial charge in [0.1, 0.15) is 11.5 Å². The van der Waals surface area contributed by atoms with E-state index < -0.39 is 29.9 Å². The van der Waals surface area contributed by atoms with Gasteiger partial charge in [-0.15, -0.1) is 0 Å². The monoisotopic (exact) mass is 250 g/mol. The summed E-state index contributed by atoms with van der Waals surface area (Å²) in [5, 5.41) is 14.8. The van der Waals surface area contributed by atoms with E-state index in [1.165, 1.54) is 12.2 Å². The Balaban J connectivity index is 2.29. The van der Waals surface area contributed by atoms with E-state index >= 15 is 0 Å². The number of nitrogens with one attached hydrogen (secondary N) is 2. The minimum atomic E-state index is -0.729. The lowest BCUT2D eigenvalue weighted by Crippen LogP contribution is -2.41. The molecule has 96 valence electrons. The zero-order valence-corrected chi connectivity index (χ0v) is 10.9. The smallest absolute Gasteiger partial charge is 0.399 e. The molecule has 0 radical (unpaired) electrons. The maximum Gasteiger partial charge on any atom is 0.495 e. The fourth-order valence-electron chi connectivity index (χ4n) is 1.74. The van der Waals surface area contributed by atoms with Crippen LogP contribution >= 0.6 is 0 Å². The van der Waals surface area contributed by atoms with Gasteiger partial charge in [0.2, 0.25) is 0 Å². The Labute approximate surface area is 106 Å². The van der Waals surface area contributed by atoms with Crippen LogP contribution in [0.4, 0.5) is 4.39 Å². The Morgan fingerprint density at radius 3 is 2.00 bits per heavy atom. The van der Waals surface area contributed by atoms with Crippen LogP contribution in [0.1, 0.15) is 27.7 Å². The first kappa shape index (κ1) is 13.2. The highest BCUT2D eigenvalue weighted by molar-refractivity contribution is 6.60. The van der Waals surface area contributed by atoms with Crippen molar-refractivity contribution in [3.05, 3.63) is 23.5 Å². The van der Waals surface area contributed by atoms with Gasteiger partial charge in [-0.25, -0.2) is 4.39 Å². The van der Waals surface area contributed by atoms with E-state index in [4.69, 9.17) is 20.1 Å². The van der Waals surface area contributed by atoms with Crippen molar-refractivity contribution in [2.45, 2.75) is 38.9 Å². The molecule has 0 aromatic heterocycles. The number of hydrogen-bond donors (Lipinski definition) is 2. The van der Waals surface area contributed by atoms with Gasteiger partial charge in [-0.05, 0) is 45.3 Å². The lowest BCUT2D eigenvalue weighted by molar-refractivity contribution is 0.00578. The summed E-state index contributed by atoms with van der Waals surface area (Å²) < 4.78 is 25.0. The number of rotatable bonds is 1. The van der Waals surface area contributed by atoms with Crippen molar-refractivity contribution in [1.29, 1.82) is 10.8 Å². The third-order valence-electron chi connectivity index (χ3n) is 3.64. The number of halogens is 1. The van der Waals surface area contributed by atoms with Crippen molar-refractivity contribution in [2.24, 2.45) is 0 Å². The molecule has 18 heavy (non-hydrogen) atoms. The average molecular weight is 250 g/mol. The second kappa shape index (κ2) is 3.86. The third-order valence-corrected chi connectivity index (χ3v) is 3.64. The molecule has 0 spiro atoms. The van der Waals surface area contributed by atoms with Crippen molar-refractivity contribution in [3.63, 3.8) is 0 Å². The van der Waals surface area contributed by atoms with E-state index in [0.29, 0.717) is 5.47 Å². The molecule has 1 fully saturated rings. The van der Waals surface area contributed by atoms with E-state index in [-0.39, 0.29) is 5.71 Å². The Hall–Kier alpha value is -1.27. The van der Waals surface area contributed by atoms with Crippen LogP contribution in [0, 0.1) is 10.8 Å². The molecule has 0 saturated carbocycles. The Morgan fingerprint density at radius 2 is 1.56 bits per heavy atom. The molecular formula is C12H16BFN2O2. The lowest BCUT2D eigenvalue weighted by Gasteiger charge is -2.32. The summed E-state index contributed by atoms with van der Waals surface area (Å²) in [6.07, 6.45) is 2.61. The van der Waals surface area contributed by atoms with Gasteiger partial charge in [0.25, 0.3) is 0 Å².